The van der Waals surface area contributed by atoms with Gasteiger partial charge in [0.15, 0.2) is 0 Å². The molecular weight excluding hydrogens is 271 g/mol. The minimum absolute atomic E-state index is 0.228. The Bertz CT molecular complexity index is 520. The maximum Gasteiger partial charge on any atom is 0.124 e. The van der Waals surface area contributed by atoms with Gasteiger partial charge in [-0.05, 0) is 31.5 Å². The summed E-state index contributed by atoms with van der Waals surface area (Å²) in [6.45, 7) is 4.71. The van der Waals surface area contributed by atoms with E-state index in [1.807, 2.05) is 18.4 Å². The quantitative estimate of drug-likeness (QED) is 0.825. The van der Waals surface area contributed by atoms with Crippen LogP contribution in [0.4, 0.5) is 4.39 Å². The fourth-order valence-electron chi connectivity index (χ4n) is 1.54. The molecule has 0 N–H and O–H groups in total. The van der Waals surface area contributed by atoms with Crippen LogP contribution >= 0.6 is 15.9 Å². The van der Waals surface area contributed by atoms with E-state index in [1.165, 1.54) is 12.1 Å². The molecule has 2 aromatic rings. The number of halogens is 2. The molecule has 2 nitrogen and oxygen atoms in total. The summed E-state index contributed by atoms with van der Waals surface area (Å²) in [5.41, 5.74) is 3.20. The van der Waals surface area contributed by atoms with Crippen LogP contribution in [-0.2, 0) is 6.54 Å². The van der Waals surface area contributed by atoms with Crippen molar-refractivity contribution in [1.82, 2.24) is 9.55 Å². The zero-order valence-corrected chi connectivity index (χ0v) is 10.8. The van der Waals surface area contributed by atoms with Crippen LogP contribution in [0.3, 0.4) is 0 Å². The highest BCUT2D eigenvalue weighted by atomic mass is 79.9. The molecule has 0 saturated carbocycles. The van der Waals surface area contributed by atoms with Gasteiger partial charge in [0, 0.05) is 16.7 Å². The van der Waals surface area contributed by atoms with E-state index in [4.69, 9.17) is 0 Å². The van der Waals surface area contributed by atoms with Crippen molar-refractivity contribution in [1.29, 1.82) is 0 Å². The van der Waals surface area contributed by atoms with Crippen LogP contribution in [0.2, 0.25) is 0 Å². The van der Waals surface area contributed by atoms with Gasteiger partial charge in [-0.3, -0.25) is 0 Å². The molecule has 1 aromatic carbocycles. The maximum absolute atomic E-state index is 12.9. The lowest BCUT2D eigenvalue weighted by atomic mass is 10.2. The average Bonchev–Trinajstić information content (AvgIpc) is 2.54. The zero-order chi connectivity index (χ0) is 11.7. The molecule has 0 aliphatic heterocycles. The number of aryl methyl sites for hydroxylation is 1. The largest absolute Gasteiger partial charge is 0.330 e. The van der Waals surface area contributed by atoms with E-state index in [0.717, 1.165) is 21.4 Å². The molecule has 0 fully saturated rings. The van der Waals surface area contributed by atoms with Crippen molar-refractivity contribution < 1.29 is 4.39 Å². The molecule has 0 bridgehead atoms. The van der Waals surface area contributed by atoms with E-state index < -0.39 is 0 Å². The highest BCUT2D eigenvalue weighted by molar-refractivity contribution is 9.10. The Kier molecular flexibility index (Phi) is 3.10. The Morgan fingerprint density at radius 2 is 2.12 bits per heavy atom. The van der Waals surface area contributed by atoms with Crippen LogP contribution in [0.15, 0.2) is 29.0 Å². The lowest BCUT2D eigenvalue weighted by Crippen LogP contribution is -2.01. The summed E-state index contributed by atoms with van der Waals surface area (Å²) < 4.78 is 15.8. The summed E-state index contributed by atoms with van der Waals surface area (Å²) in [4.78, 5) is 4.23. The van der Waals surface area contributed by atoms with Crippen LogP contribution in [0.5, 0.6) is 0 Å². The van der Waals surface area contributed by atoms with Gasteiger partial charge in [0.1, 0.15) is 5.82 Å². The zero-order valence-electron chi connectivity index (χ0n) is 9.17. The number of hydrogen-bond donors (Lipinski definition) is 0. The normalized spacial score (nSPS) is 10.8. The maximum atomic E-state index is 12.9. The molecule has 0 unspecified atom stereocenters. The third kappa shape index (κ3) is 2.16. The number of rotatable bonds is 2. The highest BCUT2D eigenvalue weighted by Gasteiger charge is 2.06. The Balaban J connectivity index is 2.30. The Hall–Kier alpha value is -1.16. The third-order valence-corrected chi connectivity index (χ3v) is 3.44. The van der Waals surface area contributed by atoms with Crippen molar-refractivity contribution >= 4 is 15.9 Å². The topological polar surface area (TPSA) is 17.8 Å². The predicted octanol–water partition coefficient (Wildman–Crippen LogP) is 3.45. The second kappa shape index (κ2) is 4.37. The van der Waals surface area contributed by atoms with Gasteiger partial charge in [0.2, 0.25) is 0 Å². The fraction of sp³-hybridized carbons (Fsp3) is 0.250. The van der Waals surface area contributed by atoms with E-state index in [1.54, 1.807) is 12.4 Å². The summed E-state index contributed by atoms with van der Waals surface area (Å²) in [6, 6.07) is 4.74. The van der Waals surface area contributed by atoms with Gasteiger partial charge in [0.05, 0.1) is 12.0 Å². The first-order chi connectivity index (χ1) is 7.58. The van der Waals surface area contributed by atoms with Gasteiger partial charge in [-0.1, -0.05) is 22.0 Å². The minimum Gasteiger partial charge on any atom is -0.330 e. The molecule has 2 rings (SSSR count). The first kappa shape index (κ1) is 11.3. The minimum atomic E-state index is -0.228. The van der Waals surface area contributed by atoms with Crippen molar-refractivity contribution in [2.45, 2.75) is 20.4 Å². The fourth-order valence-corrected chi connectivity index (χ4v) is 2.01. The monoisotopic (exact) mass is 282 g/mol. The molecule has 0 aliphatic carbocycles. The van der Waals surface area contributed by atoms with Crippen molar-refractivity contribution in [3.63, 3.8) is 0 Å². The first-order valence-corrected chi connectivity index (χ1v) is 5.79. The van der Waals surface area contributed by atoms with Crippen molar-refractivity contribution in [2.75, 3.05) is 0 Å². The van der Waals surface area contributed by atoms with Gasteiger partial charge in [-0.2, -0.15) is 0 Å². The molecule has 84 valence electrons. The van der Waals surface area contributed by atoms with Crippen LogP contribution in [0.1, 0.15) is 17.0 Å². The molecule has 4 heteroatoms. The molecule has 0 aliphatic rings. The molecule has 0 spiro atoms. The molecule has 0 saturated heterocycles. The summed E-state index contributed by atoms with van der Waals surface area (Å²) in [6.07, 6.45) is 1.81. The van der Waals surface area contributed by atoms with Crippen LogP contribution in [0.25, 0.3) is 0 Å². The summed E-state index contributed by atoms with van der Waals surface area (Å²) in [5.74, 6) is -0.228. The van der Waals surface area contributed by atoms with E-state index >= 15 is 0 Å². The van der Waals surface area contributed by atoms with Crippen molar-refractivity contribution in [3.05, 3.63) is 51.8 Å². The predicted molar refractivity (Wildman–Crippen MR) is 64.9 cm³/mol. The van der Waals surface area contributed by atoms with E-state index in [0.29, 0.717) is 6.54 Å². The van der Waals surface area contributed by atoms with Gasteiger partial charge in [0.25, 0.3) is 0 Å². The van der Waals surface area contributed by atoms with E-state index in [9.17, 15) is 4.39 Å². The molecule has 1 heterocycles. The third-order valence-electron chi connectivity index (χ3n) is 2.70. The number of hydrogen-bond acceptors (Lipinski definition) is 1. The lowest BCUT2D eigenvalue weighted by molar-refractivity contribution is 0.625. The van der Waals surface area contributed by atoms with Crippen LogP contribution < -0.4 is 0 Å². The van der Waals surface area contributed by atoms with Crippen LogP contribution in [-0.4, -0.2) is 9.55 Å². The first-order valence-electron chi connectivity index (χ1n) is 5.00. The Morgan fingerprint density at radius 1 is 1.38 bits per heavy atom. The standard InChI is InChI=1S/C12H12BrFN2/c1-8-9(2)16(7-15-8)6-10-3-4-11(14)5-12(10)13/h3-5,7H,6H2,1-2H3. The van der Waals surface area contributed by atoms with E-state index in [-0.39, 0.29) is 5.82 Å². The second-order valence-corrected chi connectivity index (χ2v) is 4.63. The molecule has 1 aromatic heterocycles. The average molecular weight is 283 g/mol. The number of nitrogens with zero attached hydrogens (tertiary/aromatic N) is 2. The van der Waals surface area contributed by atoms with Gasteiger partial charge in [-0.25, -0.2) is 9.37 Å². The Morgan fingerprint density at radius 3 is 2.69 bits per heavy atom. The summed E-state index contributed by atoms with van der Waals surface area (Å²) in [5, 5.41) is 0. The SMILES string of the molecule is Cc1ncn(Cc2ccc(F)cc2Br)c1C. The molecule has 0 atom stereocenters. The smallest absolute Gasteiger partial charge is 0.124 e. The molecule has 16 heavy (non-hydrogen) atoms. The highest BCUT2D eigenvalue weighted by Crippen LogP contribution is 2.20. The van der Waals surface area contributed by atoms with Gasteiger partial charge in [-0.15, -0.1) is 0 Å². The van der Waals surface area contributed by atoms with E-state index in [2.05, 4.69) is 20.9 Å². The van der Waals surface area contributed by atoms with Crippen molar-refractivity contribution in [2.24, 2.45) is 0 Å². The molecule has 0 radical (unpaired) electrons. The Labute approximate surface area is 102 Å². The second-order valence-electron chi connectivity index (χ2n) is 3.78. The summed E-state index contributed by atoms with van der Waals surface area (Å²) >= 11 is 3.36. The van der Waals surface area contributed by atoms with Crippen LogP contribution in [0, 0.1) is 19.7 Å². The number of aromatic nitrogens is 2. The lowest BCUT2D eigenvalue weighted by Gasteiger charge is -2.07. The molecule has 0 amide bonds. The van der Waals surface area contributed by atoms with Crippen molar-refractivity contribution in [3.8, 4) is 0 Å². The molecular formula is C12H12BrFN2. The van der Waals surface area contributed by atoms with Gasteiger partial charge < -0.3 is 4.57 Å². The number of benzene rings is 1. The summed E-state index contributed by atoms with van der Waals surface area (Å²) in [7, 11) is 0. The number of imidazole rings is 1. The van der Waals surface area contributed by atoms with Gasteiger partial charge >= 0.3 is 0 Å².